The van der Waals surface area contributed by atoms with Crippen molar-refractivity contribution in [2.75, 3.05) is 44.7 Å². The minimum atomic E-state index is -0.359. The molecule has 8 heteroatoms. The van der Waals surface area contributed by atoms with Crippen LogP contribution in [0.5, 0.6) is 11.6 Å². The molecule has 0 bridgehead atoms. The van der Waals surface area contributed by atoms with E-state index in [0.717, 1.165) is 56.3 Å². The smallest absolute Gasteiger partial charge is 0.224 e. The third-order valence-corrected chi connectivity index (χ3v) is 6.12. The summed E-state index contributed by atoms with van der Waals surface area (Å²) in [5.74, 6) is 1.17. The van der Waals surface area contributed by atoms with Gasteiger partial charge in [-0.15, -0.1) is 0 Å². The zero-order chi connectivity index (χ0) is 23.5. The summed E-state index contributed by atoms with van der Waals surface area (Å²) in [6, 6.07) is 14.2. The van der Waals surface area contributed by atoms with Gasteiger partial charge < -0.3 is 14.8 Å². The third kappa shape index (κ3) is 4.88. The lowest BCUT2D eigenvalue weighted by Gasteiger charge is -2.26. The fraction of sp³-hybridized carbons (Fsp3) is 0.308. The van der Waals surface area contributed by atoms with Crippen LogP contribution in [0.3, 0.4) is 0 Å². The number of benzene rings is 2. The Bertz CT molecular complexity index is 1300. The van der Waals surface area contributed by atoms with E-state index in [0.29, 0.717) is 17.3 Å². The van der Waals surface area contributed by atoms with Crippen LogP contribution < -0.4 is 10.1 Å². The lowest BCUT2D eigenvalue weighted by molar-refractivity contribution is 0.0398. The van der Waals surface area contributed by atoms with Crippen LogP contribution in [-0.4, -0.2) is 58.9 Å². The molecule has 1 fully saturated rings. The van der Waals surface area contributed by atoms with Gasteiger partial charge in [0.25, 0.3) is 0 Å². The van der Waals surface area contributed by atoms with Crippen molar-refractivity contribution in [3.63, 3.8) is 0 Å². The summed E-state index contributed by atoms with van der Waals surface area (Å²) in [4.78, 5) is 7.10. The number of nitrogens with one attached hydrogen (secondary N) is 1. The van der Waals surface area contributed by atoms with Gasteiger partial charge in [0.15, 0.2) is 5.65 Å². The second-order valence-corrected chi connectivity index (χ2v) is 8.51. The first-order chi connectivity index (χ1) is 16.6. The van der Waals surface area contributed by atoms with Gasteiger partial charge in [-0.3, -0.25) is 4.90 Å². The molecule has 0 spiro atoms. The van der Waals surface area contributed by atoms with Crippen LogP contribution >= 0.6 is 0 Å². The highest BCUT2D eigenvalue weighted by molar-refractivity contribution is 5.79. The molecule has 1 aliphatic heterocycles. The third-order valence-electron chi connectivity index (χ3n) is 6.12. The molecule has 2 aromatic heterocycles. The van der Waals surface area contributed by atoms with Crippen LogP contribution in [0.15, 0.2) is 54.7 Å². The molecule has 0 unspecified atom stereocenters. The standard InChI is InChI=1S/C26H28FN5O2/c1-18-6-7-20(14-19(18)2)23-17-29-32-24(28-8-9-31-10-12-33-13-11-31)16-25(30-26(23)32)34-22-5-3-4-21(27)15-22/h3-7,14-17,28H,8-13H2,1-2H3. The lowest BCUT2D eigenvalue weighted by Crippen LogP contribution is -2.39. The van der Waals surface area contributed by atoms with Crippen molar-refractivity contribution in [2.24, 2.45) is 0 Å². The van der Waals surface area contributed by atoms with Crippen molar-refractivity contribution in [3.8, 4) is 22.8 Å². The molecule has 0 radical (unpaired) electrons. The van der Waals surface area contributed by atoms with Crippen LogP contribution in [0.2, 0.25) is 0 Å². The molecule has 3 heterocycles. The molecule has 4 aromatic rings. The fourth-order valence-electron chi connectivity index (χ4n) is 4.05. The first-order valence-electron chi connectivity index (χ1n) is 11.5. The molecule has 0 amide bonds. The van der Waals surface area contributed by atoms with Gasteiger partial charge in [0, 0.05) is 43.9 Å². The SMILES string of the molecule is Cc1ccc(-c2cnn3c(NCCN4CCOCC4)cc(Oc4cccc(F)c4)nc23)cc1C. The second kappa shape index (κ2) is 9.79. The number of nitrogens with zero attached hydrogens (tertiary/aromatic N) is 4. The quantitative estimate of drug-likeness (QED) is 0.431. The van der Waals surface area contributed by atoms with E-state index in [4.69, 9.17) is 14.5 Å². The zero-order valence-corrected chi connectivity index (χ0v) is 19.4. The molecule has 0 saturated carbocycles. The van der Waals surface area contributed by atoms with E-state index in [1.54, 1.807) is 22.7 Å². The Morgan fingerprint density at radius 1 is 1.06 bits per heavy atom. The topological polar surface area (TPSA) is 63.9 Å². The molecule has 7 nitrogen and oxygen atoms in total. The molecular formula is C26H28FN5O2. The van der Waals surface area contributed by atoms with Gasteiger partial charge in [0.05, 0.1) is 19.4 Å². The van der Waals surface area contributed by atoms with Gasteiger partial charge in [0.1, 0.15) is 17.4 Å². The maximum absolute atomic E-state index is 13.7. The Morgan fingerprint density at radius 3 is 2.71 bits per heavy atom. The summed E-state index contributed by atoms with van der Waals surface area (Å²) in [6.07, 6.45) is 1.82. The predicted molar refractivity (Wildman–Crippen MR) is 130 cm³/mol. The molecule has 2 aromatic carbocycles. The highest BCUT2D eigenvalue weighted by atomic mass is 19.1. The van der Waals surface area contributed by atoms with Crippen LogP contribution in [0.25, 0.3) is 16.8 Å². The average molecular weight is 462 g/mol. The van der Waals surface area contributed by atoms with E-state index in [2.05, 4.69) is 47.4 Å². The first-order valence-corrected chi connectivity index (χ1v) is 11.5. The van der Waals surface area contributed by atoms with Crippen LogP contribution in [-0.2, 0) is 4.74 Å². The normalized spacial score (nSPS) is 14.4. The van der Waals surface area contributed by atoms with Crippen LogP contribution in [0, 0.1) is 19.7 Å². The molecule has 176 valence electrons. The maximum Gasteiger partial charge on any atom is 0.224 e. The monoisotopic (exact) mass is 461 g/mol. The summed E-state index contributed by atoms with van der Waals surface area (Å²) in [6.45, 7) is 9.20. The highest BCUT2D eigenvalue weighted by Crippen LogP contribution is 2.30. The van der Waals surface area contributed by atoms with Crippen molar-refractivity contribution in [1.82, 2.24) is 19.5 Å². The number of anilines is 1. The number of halogens is 1. The number of rotatable bonds is 7. The number of aromatic nitrogens is 3. The number of hydrogen-bond donors (Lipinski definition) is 1. The minimum Gasteiger partial charge on any atom is -0.439 e. The molecule has 1 aliphatic rings. The Labute approximate surface area is 198 Å². The van der Waals surface area contributed by atoms with Gasteiger partial charge in [-0.25, -0.2) is 4.39 Å². The number of ether oxygens (including phenoxy) is 2. The maximum atomic E-state index is 13.7. The van der Waals surface area contributed by atoms with Crippen molar-refractivity contribution in [3.05, 3.63) is 71.7 Å². The van der Waals surface area contributed by atoms with Crippen molar-refractivity contribution in [2.45, 2.75) is 13.8 Å². The molecule has 5 rings (SSSR count). The molecular weight excluding hydrogens is 433 g/mol. The minimum absolute atomic E-state index is 0.359. The average Bonchev–Trinajstić information content (AvgIpc) is 3.26. The number of morpholine rings is 1. The molecule has 0 aliphatic carbocycles. The van der Waals surface area contributed by atoms with E-state index in [1.165, 1.54) is 23.3 Å². The van der Waals surface area contributed by atoms with Gasteiger partial charge in [-0.2, -0.15) is 14.6 Å². The zero-order valence-electron chi connectivity index (χ0n) is 19.4. The molecule has 34 heavy (non-hydrogen) atoms. The van der Waals surface area contributed by atoms with E-state index < -0.39 is 0 Å². The number of fused-ring (bicyclic) bond motifs is 1. The number of hydrogen-bond acceptors (Lipinski definition) is 6. The summed E-state index contributed by atoms with van der Waals surface area (Å²) >= 11 is 0. The fourth-order valence-corrected chi connectivity index (χ4v) is 4.05. The Hall–Kier alpha value is -3.49. The summed E-state index contributed by atoms with van der Waals surface area (Å²) in [5, 5.41) is 8.10. The van der Waals surface area contributed by atoms with Gasteiger partial charge in [0.2, 0.25) is 5.88 Å². The van der Waals surface area contributed by atoms with E-state index in [9.17, 15) is 4.39 Å². The lowest BCUT2D eigenvalue weighted by atomic mass is 10.0. The molecule has 0 atom stereocenters. The van der Waals surface area contributed by atoms with Crippen LogP contribution in [0.1, 0.15) is 11.1 Å². The van der Waals surface area contributed by atoms with Crippen molar-refractivity contribution >= 4 is 11.5 Å². The van der Waals surface area contributed by atoms with Gasteiger partial charge in [-0.1, -0.05) is 24.3 Å². The second-order valence-electron chi connectivity index (χ2n) is 8.51. The summed E-state index contributed by atoms with van der Waals surface area (Å²) < 4.78 is 26.9. The van der Waals surface area contributed by atoms with Crippen molar-refractivity contribution in [1.29, 1.82) is 0 Å². The largest absolute Gasteiger partial charge is 0.439 e. The van der Waals surface area contributed by atoms with E-state index in [-0.39, 0.29) is 5.82 Å². The highest BCUT2D eigenvalue weighted by Gasteiger charge is 2.16. The van der Waals surface area contributed by atoms with Gasteiger partial charge in [-0.05, 0) is 42.7 Å². The van der Waals surface area contributed by atoms with Crippen molar-refractivity contribution < 1.29 is 13.9 Å². The molecule has 1 N–H and O–H groups in total. The van der Waals surface area contributed by atoms with E-state index >= 15 is 0 Å². The van der Waals surface area contributed by atoms with Gasteiger partial charge >= 0.3 is 0 Å². The molecule has 1 saturated heterocycles. The Morgan fingerprint density at radius 2 is 1.91 bits per heavy atom. The first kappa shape index (κ1) is 22.3. The Kier molecular flexibility index (Phi) is 6.42. The number of aryl methyl sites for hydroxylation is 2. The van der Waals surface area contributed by atoms with Crippen LogP contribution in [0.4, 0.5) is 10.2 Å². The predicted octanol–water partition coefficient (Wildman–Crippen LogP) is 4.69. The summed E-state index contributed by atoms with van der Waals surface area (Å²) in [5.41, 5.74) is 5.05. The Balaban J connectivity index is 1.49. The van der Waals surface area contributed by atoms with E-state index in [1.807, 2.05) is 6.20 Å². The summed E-state index contributed by atoms with van der Waals surface area (Å²) in [7, 11) is 0.